The van der Waals surface area contributed by atoms with Gasteiger partial charge in [0.1, 0.15) is 5.75 Å². The largest absolute Gasteiger partial charge is 0.496 e. The van der Waals surface area contributed by atoms with Crippen LogP contribution in [-0.4, -0.2) is 29.6 Å². The molecule has 2 aromatic carbocycles. The Kier molecular flexibility index (Phi) is 4.86. The number of halogens is 1. The number of para-hydroxylation sites is 1. The fraction of sp³-hybridized carbons (Fsp3) is 0.238. The van der Waals surface area contributed by atoms with Crippen LogP contribution in [0.2, 0.25) is 5.02 Å². The van der Waals surface area contributed by atoms with E-state index in [1.807, 2.05) is 53.4 Å². The van der Waals surface area contributed by atoms with Crippen molar-refractivity contribution in [3.8, 4) is 17.1 Å². The number of carbonyl (C=O) groups excluding carboxylic acids is 1. The summed E-state index contributed by atoms with van der Waals surface area (Å²) in [6.45, 7) is 0.672. The van der Waals surface area contributed by atoms with E-state index in [4.69, 9.17) is 20.9 Å². The fourth-order valence-corrected chi connectivity index (χ4v) is 3.84. The van der Waals surface area contributed by atoms with Crippen molar-refractivity contribution in [2.24, 2.45) is 0 Å². The van der Waals surface area contributed by atoms with Crippen LogP contribution < -0.4 is 4.74 Å². The molecule has 0 bridgehead atoms. The van der Waals surface area contributed by atoms with Gasteiger partial charge in [-0.05, 0) is 36.6 Å². The van der Waals surface area contributed by atoms with Crippen LogP contribution in [0.15, 0.2) is 59.1 Å². The van der Waals surface area contributed by atoms with Crippen molar-refractivity contribution in [1.29, 1.82) is 0 Å². The van der Waals surface area contributed by atoms with E-state index in [-0.39, 0.29) is 17.6 Å². The molecule has 27 heavy (non-hydrogen) atoms. The van der Waals surface area contributed by atoms with Crippen LogP contribution in [0.4, 0.5) is 0 Å². The Morgan fingerprint density at radius 1 is 1.22 bits per heavy atom. The first-order valence-corrected chi connectivity index (χ1v) is 9.22. The molecule has 1 aliphatic heterocycles. The second-order valence-corrected chi connectivity index (χ2v) is 6.86. The van der Waals surface area contributed by atoms with E-state index in [1.165, 1.54) is 0 Å². The monoisotopic (exact) mass is 382 g/mol. The molecule has 1 saturated heterocycles. The number of hydrogen-bond donors (Lipinski definition) is 0. The van der Waals surface area contributed by atoms with Crippen LogP contribution in [0.5, 0.6) is 5.75 Å². The molecule has 0 aliphatic carbocycles. The lowest BCUT2D eigenvalue weighted by molar-refractivity contribution is 0.0725. The minimum atomic E-state index is -0.151. The Morgan fingerprint density at radius 2 is 2.00 bits per heavy atom. The number of ether oxygens (including phenoxy) is 1. The number of likely N-dealkylation sites (tertiary alicyclic amines) is 1. The van der Waals surface area contributed by atoms with Crippen molar-refractivity contribution >= 4 is 17.5 Å². The average Bonchev–Trinajstić information content (AvgIpc) is 3.38. The highest BCUT2D eigenvalue weighted by Gasteiger charge is 2.33. The smallest absolute Gasteiger partial charge is 0.276 e. The van der Waals surface area contributed by atoms with Crippen molar-refractivity contribution in [3.63, 3.8) is 0 Å². The van der Waals surface area contributed by atoms with Gasteiger partial charge in [-0.3, -0.25) is 4.79 Å². The summed E-state index contributed by atoms with van der Waals surface area (Å²) in [5.41, 5.74) is 2.02. The molecule has 1 fully saturated rings. The van der Waals surface area contributed by atoms with Gasteiger partial charge < -0.3 is 14.2 Å². The minimum Gasteiger partial charge on any atom is -0.496 e. The van der Waals surface area contributed by atoms with Gasteiger partial charge in [0.15, 0.2) is 11.5 Å². The van der Waals surface area contributed by atoms with Crippen LogP contribution in [0.25, 0.3) is 11.3 Å². The molecule has 3 aromatic rings. The van der Waals surface area contributed by atoms with E-state index in [0.717, 1.165) is 24.0 Å². The SMILES string of the molecule is COc1ccccc1-c1cc(C(=O)N2CCCC2c2ccccc2Cl)no1. The molecular weight excluding hydrogens is 364 g/mol. The number of rotatable bonds is 4. The van der Waals surface area contributed by atoms with E-state index >= 15 is 0 Å². The van der Waals surface area contributed by atoms with Crippen molar-refractivity contribution in [2.75, 3.05) is 13.7 Å². The molecule has 0 spiro atoms. The van der Waals surface area contributed by atoms with E-state index in [9.17, 15) is 4.79 Å². The van der Waals surface area contributed by atoms with Crippen molar-refractivity contribution in [1.82, 2.24) is 10.1 Å². The number of carbonyl (C=O) groups is 1. The number of methoxy groups -OCH3 is 1. The second kappa shape index (κ2) is 7.45. The minimum absolute atomic E-state index is 0.0439. The lowest BCUT2D eigenvalue weighted by Gasteiger charge is -2.24. The standard InChI is InChI=1S/C21H19ClN2O3/c1-26-19-11-5-3-8-15(19)20-13-17(23-27-20)21(25)24-12-6-10-18(24)14-7-2-4-9-16(14)22/h2-5,7-9,11,13,18H,6,10,12H2,1H3. The van der Waals surface area contributed by atoms with Crippen molar-refractivity contribution in [2.45, 2.75) is 18.9 Å². The van der Waals surface area contributed by atoms with Crippen LogP contribution in [0, 0.1) is 0 Å². The first kappa shape index (κ1) is 17.6. The summed E-state index contributed by atoms with van der Waals surface area (Å²) < 4.78 is 10.8. The van der Waals surface area contributed by atoms with E-state index < -0.39 is 0 Å². The Morgan fingerprint density at radius 3 is 2.81 bits per heavy atom. The van der Waals surface area contributed by atoms with Gasteiger partial charge in [0.2, 0.25) is 0 Å². The Bertz CT molecular complexity index is 969. The number of amides is 1. The fourth-order valence-electron chi connectivity index (χ4n) is 3.58. The molecule has 1 aromatic heterocycles. The maximum Gasteiger partial charge on any atom is 0.276 e. The lowest BCUT2D eigenvalue weighted by Crippen LogP contribution is -2.30. The topological polar surface area (TPSA) is 55.6 Å². The molecule has 6 heteroatoms. The van der Waals surface area contributed by atoms with Gasteiger partial charge in [-0.15, -0.1) is 0 Å². The molecule has 5 nitrogen and oxygen atoms in total. The maximum atomic E-state index is 13.1. The van der Waals surface area contributed by atoms with Gasteiger partial charge in [-0.25, -0.2) is 0 Å². The van der Waals surface area contributed by atoms with Gasteiger partial charge >= 0.3 is 0 Å². The van der Waals surface area contributed by atoms with Crippen LogP contribution in [0.1, 0.15) is 34.9 Å². The zero-order chi connectivity index (χ0) is 18.8. The lowest BCUT2D eigenvalue weighted by atomic mass is 10.0. The Hall–Kier alpha value is -2.79. The summed E-state index contributed by atoms with van der Waals surface area (Å²) in [6.07, 6.45) is 1.81. The van der Waals surface area contributed by atoms with E-state index in [1.54, 1.807) is 13.2 Å². The van der Waals surface area contributed by atoms with Gasteiger partial charge in [0.25, 0.3) is 5.91 Å². The van der Waals surface area contributed by atoms with Crippen LogP contribution in [0.3, 0.4) is 0 Å². The van der Waals surface area contributed by atoms with Gasteiger partial charge in [0, 0.05) is 17.6 Å². The molecule has 1 amide bonds. The summed E-state index contributed by atoms with van der Waals surface area (Å²) >= 11 is 6.35. The molecule has 4 rings (SSSR count). The third-order valence-corrected chi connectivity index (χ3v) is 5.22. The summed E-state index contributed by atoms with van der Waals surface area (Å²) in [7, 11) is 1.60. The number of aromatic nitrogens is 1. The summed E-state index contributed by atoms with van der Waals surface area (Å²) in [5.74, 6) is 1.02. The summed E-state index contributed by atoms with van der Waals surface area (Å²) in [5, 5.41) is 4.69. The zero-order valence-electron chi connectivity index (χ0n) is 14.9. The van der Waals surface area contributed by atoms with Gasteiger partial charge in [0.05, 0.1) is 18.7 Å². The Balaban J connectivity index is 1.62. The molecular formula is C21H19ClN2O3. The first-order chi connectivity index (χ1) is 13.2. The van der Waals surface area contributed by atoms with Crippen LogP contribution in [-0.2, 0) is 0 Å². The van der Waals surface area contributed by atoms with Crippen molar-refractivity contribution in [3.05, 3.63) is 70.9 Å². The quantitative estimate of drug-likeness (QED) is 0.638. The molecule has 1 unspecified atom stereocenters. The third kappa shape index (κ3) is 3.30. The summed E-state index contributed by atoms with van der Waals surface area (Å²) in [4.78, 5) is 14.9. The normalized spacial score (nSPS) is 16.5. The molecule has 0 radical (unpaired) electrons. The molecule has 1 aliphatic rings. The van der Waals surface area contributed by atoms with Crippen molar-refractivity contribution < 1.29 is 14.1 Å². The highest BCUT2D eigenvalue weighted by molar-refractivity contribution is 6.31. The van der Waals surface area contributed by atoms with E-state index in [0.29, 0.717) is 23.1 Å². The van der Waals surface area contributed by atoms with E-state index in [2.05, 4.69) is 5.16 Å². The highest BCUT2D eigenvalue weighted by atomic mass is 35.5. The number of benzene rings is 2. The predicted octanol–water partition coefficient (Wildman–Crippen LogP) is 4.98. The first-order valence-electron chi connectivity index (χ1n) is 8.84. The third-order valence-electron chi connectivity index (χ3n) is 4.88. The number of nitrogens with zero attached hydrogens (tertiary/aromatic N) is 2. The van der Waals surface area contributed by atoms with Crippen LogP contribution >= 0.6 is 11.6 Å². The highest BCUT2D eigenvalue weighted by Crippen LogP contribution is 2.37. The maximum absolute atomic E-state index is 13.1. The Labute approximate surface area is 162 Å². The molecule has 0 saturated carbocycles. The molecule has 1 atom stereocenters. The van der Waals surface area contributed by atoms with Gasteiger partial charge in [-0.1, -0.05) is 47.1 Å². The summed E-state index contributed by atoms with van der Waals surface area (Å²) in [6, 6.07) is 16.8. The second-order valence-electron chi connectivity index (χ2n) is 6.45. The number of hydrogen-bond acceptors (Lipinski definition) is 4. The molecule has 0 N–H and O–H groups in total. The molecule has 138 valence electrons. The molecule has 2 heterocycles. The average molecular weight is 383 g/mol. The zero-order valence-corrected chi connectivity index (χ0v) is 15.6. The van der Waals surface area contributed by atoms with Gasteiger partial charge in [-0.2, -0.15) is 0 Å². The predicted molar refractivity (Wildman–Crippen MR) is 103 cm³/mol.